The number of hydrogen-bond donors (Lipinski definition) is 3. The summed E-state index contributed by atoms with van der Waals surface area (Å²) in [6.45, 7) is 2.18. The number of amides is 1. The van der Waals surface area contributed by atoms with Crippen LogP contribution in [-0.2, 0) is 4.74 Å². The highest BCUT2D eigenvalue weighted by molar-refractivity contribution is 5.97. The van der Waals surface area contributed by atoms with Crippen LogP contribution in [0.15, 0.2) is 30.3 Å². The van der Waals surface area contributed by atoms with Crippen molar-refractivity contribution in [3.05, 3.63) is 59.0 Å². The molecule has 2 atom stereocenters. The Morgan fingerprint density at radius 1 is 1.28 bits per heavy atom. The molecule has 2 aromatic heterocycles. The smallest absolute Gasteiger partial charge is 0.354 e. The van der Waals surface area contributed by atoms with Gasteiger partial charge in [0.05, 0.1) is 23.4 Å². The van der Waals surface area contributed by atoms with Crippen LogP contribution in [0.3, 0.4) is 0 Å². The second kappa shape index (κ2) is 8.54. The molecule has 2 unspecified atom stereocenters. The van der Waals surface area contributed by atoms with E-state index in [0.29, 0.717) is 30.7 Å². The summed E-state index contributed by atoms with van der Waals surface area (Å²) >= 11 is 0. The summed E-state index contributed by atoms with van der Waals surface area (Å²) < 4.78 is 33.2. The van der Waals surface area contributed by atoms with Gasteiger partial charge in [-0.1, -0.05) is 18.2 Å². The van der Waals surface area contributed by atoms with Gasteiger partial charge in [-0.25, -0.2) is 18.6 Å². The molecule has 3 heterocycles. The molecule has 3 N–H and O–H groups in total. The van der Waals surface area contributed by atoms with E-state index in [2.05, 4.69) is 15.3 Å². The number of aromatic carboxylic acids is 1. The van der Waals surface area contributed by atoms with Crippen molar-refractivity contribution in [3.8, 4) is 0 Å². The van der Waals surface area contributed by atoms with Gasteiger partial charge in [0.25, 0.3) is 5.91 Å². The quantitative estimate of drug-likeness (QED) is 0.559. The van der Waals surface area contributed by atoms with Crippen LogP contribution in [0.4, 0.5) is 14.5 Å². The number of nitrogens with zero attached hydrogens (tertiary/aromatic N) is 2. The molecule has 0 radical (unpaired) electrons. The zero-order valence-electron chi connectivity index (χ0n) is 17.5. The van der Waals surface area contributed by atoms with Crippen molar-refractivity contribution in [3.63, 3.8) is 0 Å². The van der Waals surface area contributed by atoms with E-state index in [1.54, 1.807) is 12.1 Å². The number of anilines is 1. The van der Waals surface area contributed by atoms with E-state index in [-0.39, 0.29) is 11.4 Å². The summed E-state index contributed by atoms with van der Waals surface area (Å²) in [4.78, 5) is 32.7. The summed E-state index contributed by atoms with van der Waals surface area (Å²) in [5.74, 6) is -4.17. The number of aromatic nitrogens is 2. The number of benzene rings is 1. The van der Waals surface area contributed by atoms with Crippen LogP contribution in [0.2, 0.25) is 0 Å². The number of piperidine rings is 1. The number of ether oxygens (including phenoxy) is 1. The predicted molar refractivity (Wildman–Crippen MR) is 113 cm³/mol. The molecule has 168 valence electrons. The fourth-order valence-corrected chi connectivity index (χ4v) is 4.04. The first-order valence-corrected chi connectivity index (χ1v) is 10.1. The molecule has 0 aliphatic carbocycles. The Bertz CT molecular complexity index is 1200. The molecular weight excluding hydrogens is 422 g/mol. The maximum absolute atomic E-state index is 14.0. The van der Waals surface area contributed by atoms with Crippen molar-refractivity contribution in [2.75, 3.05) is 25.1 Å². The minimum atomic E-state index is -1.21. The molecule has 3 aromatic rings. The Morgan fingerprint density at radius 3 is 2.69 bits per heavy atom. The van der Waals surface area contributed by atoms with Gasteiger partial charge in [0.2, 0.25) is 0 Å². The minimum Gasteiger partial charge on any atom is -0.477 e. The molecule has 1 amide bonds. The van der Waals surface area contributed by atoms with Gasteiger partial charge in [-0.2, -0.15) is 0 Å². The number of rotatable bonds is 5. The molecule has 4 rings (SSSR count). The summed E-state index contributed by atoms with van der Waals surface area (Å²) in [6, 6.07) is 8.33. The number of para-hydroxylation sites is 1. The SMILES string of the molecule is COC1CN(c2cc(C(=O)O)nc3ccccc23)CCC1NC(=O)c1[nH]c(C)c(F)c1F. The lowest BCUT2D eigenvalue weighted by Crippen LogP contribution is -2.55. The number of hydrogen-bond acceptors (Lipinski definition) is 5. The molecular formula is C22H22F2N4O4. The van der Waals surface area contributed by atoms with Gasteiger partial charge in [-0.3, -0.25) is 4.79 Å². The van der Waals surface area contributed by atoms with E-state index >= 15 is 0 Å². The Labute approximate surface area is 182 Å². The largest absolute Gasteiger partial charge is 0.477 e. The van der Waals surface area contributed by atoms with E-state index in [1.165, 1.54) is 20.1 Å². The van der Waals surface area contributed by atoms with Crippen LogP contribution in [-0.4, -0.2) is 59.3 Å². The number of aromatic amines is 1. The van der Waals surface area contributed by atoms with Gasteiger partial charge in [0.15, 0.2) is 17.3 Å². The van der Waals surface area contributed by atoms with Crippen LogP contribution in [0.1, 0.15) is 33.1 Å². The van der Waals surface area contributed by atoms with Crippen molar-refractivity contribution in [2.45, 2.75) is 25.5 Å². The van der Waals surface area contributed by atoms with E-state index in [4.69, 9.17) is 4.74 Å². The number of fused-ring (bicyclic) bond motifs is 1. The third-order valence-electron chi connectivity index (χ3n) is 5.71. The van der Waals surface area contributed by atoms with Gasteiger partial charge in [0.1, 0.15) is 5.69 Å². The zero-order valence-corrected chi connectivity index (χ0v) is 17.5. The number of H-pyrrole nitrogens is 1. The molecule has 1 fully saturated rings. The number of carbonyl (C=O) groups is 2. The molecule has 0 spiro atoms. The highest BCUT2D eigenvalue weighted by Crippen LogP contribution is 2.30. The predicted octanol–water partition coefficient (Wildman–Crippen LogP) is 2.87. The molecule has 32 heavy (non-hydrogen) atoms. The summed E-state index contributed by atoms with van der Waals surface area (Å²) in [5, 5.41) is 13.0. The van der Waals surface area contributed by atoms with Crippen molar-refractivity contribution < 1.29 is 28.2 Å². The normalized spacial score (nSPS) is 18.7. The number of methoxy groups -OCH3 is 1. The monoisotopic (exact) mass is 444 g/mol. The second-order valence-corrected chi connectivity index (χ2v) is 7.69. The lowest BCUT2D eigenvalue weighted by atomic mass is 9.99. The third kappa shape index (κ3) is 3.89. The number of halogens is 2. The topological polar surface area (TPSA) is 108 Å². The van der Waals surface area contributed by atoms with E-state index in [1.807, 2.05) is 17.0 Å². The lowest BCUT2D eigenvalue weighted by molar-refractivity contribution is 0.0538. The van der Waals surface area contributed by atoms with Gasteiger partial charge in [-0.05, 0) is 25.5 Å². The van der Waals surface area contributed by atoms with Crippen molar-refractivity contribution >= 4 is 28.5 Å². The van der Waals surface area contributed by atoms with E-state index < -0.39 is 41.4 Å². The molecule has 1 aliphatic rings. The van der Waals surface area contributed by atoms with Crippen LogP contribution in [0.25, 0.3) is 10.9 Å². The van der Waals surface area contributed by atoms with Crippen LogP contribution in [0.5, 0.6) is 0 Å². The first kappa shape index (κ1) is 21.7. The van der Waals surface area contributed by atoms with Gasteiger partial charge in [0, 0.05) is 31.3 Å². The fraction of sp³-hybridized carbons (Fsp3) is 0.318. The lowest BCUT2D eigenvalue weighted by Gasteiger charge is -2.39. The summed E-state index contributed by atoms with van der Waals surface area (Å²) in [6.07, 6.45) is -0.00975. The molecule has 10 heteroatoms. The molecule has 0 bridgehead atoms. The Kier molecular flexibility index (Phi) is 5.79. The number of carboxylic acids is 1. The number of pyridine rings is 1. The van der Waals surface area contributed by atoms with E-state index in [0.717, 1.165) is 5.39 Å². The first-order chi connectivity index (χ1) is 15.3. The highest BCUT2D eigenvalue weighted by Gasteiger charge is 2.33. The Balaban J connectivity index is 1.57. The van der Waals surface area contributed by atoms with Crippen molar-refractivity contribution in [1.29, 1.82) is 0 Å². The molecule has 0 saturated carbocycles. The van der Waals surface area contributed by atoms with Gasteiger partial charge in [-0.15, -0.1) is 0 Å². The average molecular weight is 444 g/mol. The fourth-order valence-electron chi connectivity index (χ4n) is 4.04. The molecule has 1 aromatic carbocycles. The Hall–Kier alpha value is -3.53. The van der Waals surface area contributed by atoms with Crippen LogP contribution in [0, 0.1) is 18.6 Å². The minimum absolute atomic E-state index is 0.0513. The Morgan fingerprint density at radius 2 is 2.03 bits per heavy atom. The summed E-state index contributed by atoms with van der Waals surface area (Å²) in [5.41, 5.74) is 0.690. The van der Waals surface area contributed by atoms with Gasteiger partial charge < -0.3 is 25.0 Å². The van der Waals surface area contributed by atoms with Crippen molar-refractivity contribution in [2.24, 2.45) is 0 Å². The van der Waals surface area contributed by atoms with Crippen LogP contribution >= 0.6 is 0 Å². The highest BCUT2D eigenvalue weighted by atomic mass is 19.2. The first-order valence-electron chi connectivity index (χ1n) is 10.1. The number of carbonyl (C=O) groups excluding carboxylic acids is 1. The molecule has 8 nitrogen and oxygen atoms in total. The average Bonchev–Trinajstić information content (AvgIpc) is 3.05. The summed E-state index contributed by atoms with van der Waals surface area (Å²) in [7, 11) is 1.50. The number of aryl methyl sites for hydroxylation is 1. The standard InChI is InChI=1S/C22H22F2N4O4/c1-11-18(23)19(24)20(25-11)21(29)27-14-7-8-28(10-17(14)32-2)16-9-15(22(30)31)26-13-6-4-3-5-12(13)16/h3-6,9,14,17,25H,7-8,10H2,1-2H3,(H,27,29)(H,30,31). The third-order valence-corrected chi connectivity index (χ3v) is 5.71. The molecule has 1 saturated heterocycles. The second-order valence-electron chi connectivity index (χ2n) is 7.69. The van der Waals surface area contributed by atoms with Crippen molar-refractivity contribution in [1.82, 2.24) is 15.3 Å². The van der Waals surface area contributed by atoms with E-state index in [9.17, 15) is 23.5 Å². The number of carboxylic acid groups (broad SMARTS) is 1. The number of nitrogens with one attached hydrogen (secondary N) is 2. The van der Waals surface area contributed by atoms with Gasteiger partial charge >= 0.3 is 5.97 Å². The van der Waals surface area contributed by atoms with Crippen LogP contribution < -0.4 is 10.2 Å². The molecule has 1 aliphatic heterocycles. The maximum atomic E-state index is 14.0. The maximum Gasteiger partial charge on any atom is 0.354 e. The zero-order chi connectivity index (χ0) is 23.0.